The van der Waals surface area contributed by atoms with Gasteiger partial charge in [0, 0.05) is 26.4 Å². The van der Waals surface area contributed by atoms with Gasteiger partial charge in [0.25, 0.3) is 0 Å². The Hall–Kier alpha value is -1.67. The molecule has 2 saturated heterocycles. The van der Waals surface area contributed by atoms with E-state index < -0.39 is 18.2 Å². The van der Waals surface area contributed by atoms with Crippen LogP contribution in [-0.2, 0) is 30.3 Å². The highest BCUT2D eigenvalue weighted by Crippen LogP contribution is 2.40. The van der Waals surface area contributed by atoms with Crippen molar-refractivity contribution >= 4 is 6.09 Å². The third-order valence-corrected chi connectivity index (χ3v) is 5.78. The predicted octanol–water partition coefficient (Wildman–Crippen LogP) is 3.12. The van der Waals surface area contributed by atoms with Gasteiger partial charge in [-0.2, -0.15) is 0 Å². The highest BCUT2D eigenvalue weighted by molar-refractivity contribution is 5.67. The maximum absolute atomic E-state index is 12.3. The summed E-state index contributed by atoms with van der Waals surface area (Å²) >= 11 is 0. The van der Waals surface area contributed by atoms with E-state index in [0.29, 0.717) is 13.0 Å². The number of carbonyl (C=O) groups is 1. The molecule has 1 N–H and O–H groups in total. The zero-order chi connectivity index (χ0) is 19.4. The Labute approximate surface area is 165 Å². The van der Waals surface area contributed by atoms with Crippen LogP contribution in [0.15, 0.2) is 30.3 Å². The van der Waals surface area contributed by atoms with Gasteiger partial charge >= 0.3 is 6.09 Å². The molecule has 1 aromatic carbocycles. The summed E-state index contributed by atoms with van der Waals surface area (Å²) < 4.78 is 29.2. The third kappa shape index (κ3) is 4.49. The highest BCUT2D eigenvalue weighted by Gasteiger charge is 2.49. The summed E-state index contributed by atoms with van der Waals surface area (Å²) in [7, 11) is 1.57. The van der Waals surface area contributed by atoms with E-state index in [1.54, 1.807) is 7.11 Å². The smallest absolute Gasteiger partial charge is 0.407 e. The summed E-state index contributed by atoms with van der Waals surface area (Å²) in [5.41, 5.74) is 0.938. The SMILES string of the molecule is CO[C@H]1O[C@@H]2COC3(CCCCC3)O[C@H]2C[C@H]1NC(=O)OCc1ccccc1. The molecule has 0 unspecified atom stereocenters. The van der Waals surface area contributed by atoms with Gasteiger partial charge in [-0.15, -0.1) is 0 Å². The van der Waals surface area contributed by atoms with Crippen molar-refractivity contribution in [2.75, 3.05) is 13.7 Å². The van der Waals surface area contributed by atoms with Crippen LogP contribution in [0.2, 0.25) is 0 Å². The van der Waals surface area contributed by atoms with E-state index in [1.807, 2.05) is 30.3 Å². The predicted molar refractivity (Wildman–Crippen MR) is 100 cm³/mol. The first-order valence-corrected chi connectivity index (χ1v) is 10.1. The lowest BCUT2D eigenvalue weighted by Gasteiger charge is -2.50. The van der Waals surface area contributed by atoms with Gasteiger partial charge in [0.1, 0.15) is 12.7 Å². The fourth-order valence-electron chi connectivity index (χ4n) is 4.30. The van der Waals surface area contributed by atoms with Gasteiger partial charge in [-0.25, -0.2) is 4.79 Å². The minimum absolute atomic E-state index is 0.127. The Bertz CT molecular complexity index is 648. The number of carbonyl (C=O) groups excluding carboxylic acids is 1. The van der Waals surface area contributed by atoms with Gasteiger partial charge in [0.15, 0.2) is 12.1 Å². The van der Waals surface area contributed by atoms with Crippen LogP contribution >= 0.6 is 0 Å². The van der Waals surface area contributed by atoms with Crippen molar-refractivity contribution in [1.29, 1.82) is 0 Å². The van der Waals surface area contributed by atoms with Crippen molar-refractivity contribution in [2.24, 2.45) is 0 Å². The second kappa shape index (κ2) is 8.78. The first kappa shape index (κ1) is 19.6. The van der Waals surface area contributed by atoms with Gasteiger partial charge in [-0.1, -0.05) is 36.8 Å². The van der Waals surface area contributed by atoms with Gasteiger partial charge in [0.2, 0.25) is 0 Å². The zero-order valence-electron chi connectivity index (χ0n) is 16.3. The number of hydrogen-bond donors (Lipinski definition) is 1. The van der Waals surface area contributed by atoms with E-state index in [0.717, 1.165) is 31.2 Å². The van der Waals surface area contributed by atoms with Crippen molar-refractivity contribution in [3.8, 4) is 0 Å². The van der Waals surface area contributed by atoms with Crippen molar-refractivity contribution < 1.29 is 28.5 Å². The number of rotatable bonds is 4. The minimum Gasteiger partial charge on any atom is -0.445 e. The number of ether oxygens (including phenoxy) is 5. The average Bonchev–Trinajstić information content (AvgIpc) is 2.73. The van der Waals surface area contributed by atoms with Crippen molar-refractivity contribution in [2.45, 2.75) is 75.5 Å². The van der Waals surface area contributed by atoms with Crippen molar-refractivity contribution in [1.82, 2.24) is 5.32 Å². The summed E-state index contributed by atoms with van der Waals surface area (Å²) in [5.74, 6) is -0.485. The van der Waals surface area contributed by atoms with E-state index in [-0.39, 0.29) is 24.9 Å². The number of methoxy groups -OCH3 is 1. The molecule has 4 rings (SSSR count). The molecule has 1 saturated carbocycles. The van der Waals surface area contributed by atoms with Crippen LogP contribution in [0, 0.1) is 0 Å². The first-order chi connectivity index (χ1) is 13.7. The minimum atomic E-state index is -0.557. The second-order valence-corrected chi connectivity index (χ2v) is 7.77. The Morgan fingerprint density at radius 1 is 1.18 bits per heavy atom. The fourth-order valence-corrected chi connectivity index (χ4v) is 4.30. The molecule has 2 heterocycles. The topological polar surface area (TPSA) is 75.3 Å². The van der Waals surface area contributed by atoms with E-state index in [4.69, 9.17) is 23.7 Å². The molecule has 0 radical (unpaired) electrons. The van der Waals surface area contributed by atoms with Crippen LogP contribution in [0.5, 0.6) is 0 Å². The molecule has 7 heteroatoms. The first-order valence-electron chi connectivity index (χ1n) is 10.1. The molecular formula is C21H29NO6. The lowest BCUT2D eigenvalue weighted by atomic mass is 9.91. The largest absolute Gasteiger partial charge is 0.445 e. The van der Waals surface area contributed by atoms with Crippen LogP contribution in [0.4, 0.5) is 4.79 Å². The maximum Gasteiger partial charge on any atom is 0.407 e. The molecule has 3 aliphatic rings. The summed E-state index contributed by atoms with van der Waals surface area (Å²) in [5, 5.41) is 2.88. The molecule has 1 aromatic rings. The Morgan fingerprint density at radius 2 is 1.96 bits per heavy atom. The molecule has 4 atom stereocenters. The Morgan fingerprint density at radius 3 is 2.71 bits per heavy atom. The molecule has 28 heavy (non-hydrogen) atoms. The summed E-state index contributed by atoms with van der Waals surface area (Å²) in [6.45, 7) is 0.715. The van der Waals surface area contributed by atoms with E-state index in [2.05, 4.69) is 5.32 Å². The van der Waals surface area contributed by atoms with E-state index >= 15 is 0 Å². The molecule has 0 bridgehead atoms. The summed E-state index contributed by atoms with van der Waals surface area (Å²) in [4.78, 5) is 12.3. The van der Waals surface area contributed by atoms with E-state index in [9.17, 15) is 4.79 Å². The molecule has 3 fully saturated rings. The fraction of sp³-hybridized carbons (Fsp3) is 0.667. The maximum atomic E-state index is 12.3. The third-order valence-electron chi connectivity index (χ3n) is 5.78. The molecule has 154 valence electrons. The lowest BCUT2D eigenvalue weighted by Crippen LogP contribution is -2.62. The Kier molecular flexibility index (Phi) is 6.16. The monoisotopic (exact) mass is 391 g/mol. The molecule has 1 aliphatic carbocycles. The van der Waals surface area contributed by atoms with E-state index in [1.165, 1.54) is 6.42 Å². The number of amides is 1. The lowest BCUT2D eigenvalue weighted by molar-refractivity contribution is -0.366. The summed E-state index contributed by atoms with van der Waals surface area (Å²) in [6.07, 6.45) is 4.54. The van der Waals surface area contributed by atoms with Gasteiger partial charge in [0.05, 0.1) is 18.8 Å². The van der Waals surface area contributed by atoms with Crippen LogP contribution in [0.3, 0.4) is 0 Å². The average molecular weight is 391 g/mol. The molecule has 1 amide bonds. The quantitative estimate of drug-likeness (QED) is 0.850. The number of benzene rings is 1. The number of hydrogen-bond acceptors (Lipinski definition) is 6. The van der Waals surface area contributed by atoms with Gasteiger partial charge in [-0.3, -0.25) is 0 Å². The number of fused-ring (bicyclic) bond motifs is 1. The standard InChI is InChI=1S/C21H29NO6/c1-24-19-16(22-20(23)25-13-15-8-4-2-5-9-15)12-17-18(27-19)14-26-21(28-17)10-6-3-7-11-21/h2,4-5,8-9,16-19H,3,6-7,10-14H2,1H3,(H,22,23)/t16-,17+,18-,19+/m1/s1. The van der Waals surface area contributed by atoms with Gasteiger partial charge < -0.3 is 29.0 Å². The summed E-state index contributed by atoms with van der Waals surface area (Å²) in [6, 6.07) is 9.24. The molecular weight excluding hydrogens is 362 g/mol. The molecule has 2 aliphatic heterocycles. The number of nitrogens with one attached hydrogen (secondary N) is 1. The molecule has 7 nitrogen and oxygen atoms in total. The van der Waals surface area contributed by atoms with Crippen molar-refractivity contribution in [3.63, 3.8) is 0 Å². The zero-order valence-corrected chi connectivity index (χ0v) is 16.3. The normalized spacial score (nSPS) is 31.8. The number of alkyl carbamates (subject to hydrolysis) is 1. The molecule has 1 spiro atoms. The Balaban J connectivity index is 1.34. The van der Waals surface area contributed by atoms with Crippen LogP contribution in [0.25, 0.3) is 0 Å². The molecule has 0 aromatic heterocycles. The van der Waals surface area contributed by atoms with Crippen LogP contribution in [0.1, 0.15) is 44.1 Å². The second-order valence-electron chi connectivity index (χ2n) is 7.77. The van der Waals surface area contributed by atoms with Crippen LogP contribution in [-0.4, -0.2) is 50.1 Å². The van der Waals surface area contributed by atoms with Crippen molar-refractivity contribution in [3.05, 3.63) is 35.9 Å². The van der Waals surface area contributed by atoms with Crippen LogP contribution < -0.4 is 5.32 Å². The van der Waals surface area contributed by atoms with Gasteiger partial charge in [-0.05, 0) is 18.4 Å². The highest BCUT2D eigenvalue weighted by atomic mass is 16.8.